The summed E-state index contributed by atoms with van der Waals surface area (Å²) in [6.45, 7) is 2.63. The number of aliphatic hydroxyl groups is 1. The lowest BCUT2D eigenvalue weighted by Crippen LogP contribution is -2.34. The van der Waals surface area contributed by atoms with E-state index in [1.165, 1.54) is 0 Å². The molecule has 0 aliphatic heterocycles. The van der Waals surface area contributed by atoms with Crippen LogP contribution in [0.3, 0.4) is 0 Å². The number of hydrogen-bond donors (Lipinski definition) is 3. The van der Waals surface area contributed by atoms with Crippen LogP contribution in [0.1, 0.15) is 12.5 Å². The van der Waals surface area contributed by atoms with Gasteiger partial charge in [0.25, 0.3) is 0 Å². The van der Waals surface area contributed by atoms with E-state index in [1.807, 2.05) is 18.2 Å². The van der Waals surface area contributed by atoms with Crippen LogP contribution < -0.4 is 20.5 Å². The van der Waals surface area contributed by atoms with Crippen molar-refractivity contribution in [1.82, 2.24) is 5.32 Å². The fraction of sp³-hybridized carbons (Fsp3) is 0.500. The van der Waals surface area contributed by atoms with Crippen molar-refractivity contribution in [1.29, 1.82) is 0 Å². The topological polar surface area (TPSA) is 89.1 Å². The molecule has 0 aromatic heterocycles. The first-order valence-electron chi connectivity index (χ1n) is 6.49. The van der Waals surface area contributed by atoms with E-state index in [4.69, 9.17) is 20.3 Å². The van der Waals surface area contributed by atoms with Gasteiger partial charge in [0, 0.05) is 6.54 Å². The van der Waals surface area contributed by atoms with Crippen LogP contribution in [0.2, 0.25) is 0 Å². The minimum absolute atomic E-state index is 0.301. The summed E-state index contributed by atoms with van der Waals surface area (Å²) in [5, 5.41) is 12.1. The van der Waals surface area contributed by atoms with E-state index in [-0.39, 0.29) is 0 Å². The monoisotopic (exact) mass is 281 g/mol. The molecule has 0 bridgehead atoms. The molecule has 0 saturated carbocycles. The summed E-state index contributed by atoms with van der Waals surface area (Å²) >= 11 is 0. The highest BCUT2D eigenvalue weighted by Crippen LogP contribution is 2.27. The van der Waals surface area contributed by atoms with Crippen molar-refractivity contribution in [2.45, 2.75) is 19.4 Å². The Balaban J connectivity index is 2.48. The Bertz CT molecular complexity index is 447. The number of hydrogen-bond acceptors (Lipinski definition) is 4. The molecule has 6 nitrogen and oxygen atoms in total. The summed E-state index contributed by atoms with van der Waals surface area (Å²) in [5.41, 5.74) is 6.78. The molecule has 6 heteroatoms. The van der Waals surface area contributed by atoms with E-state index in [2.05, 4.69) is 10.3 Å². The van der Waals surface area contributed by atoms with Gasteiger partial charge in [-0.15, -0.1) is 0 Å². The van der Waals surface area contributed by atoms with Gasteiger partial charge >= 0.3 is 0 Å². The first-order valence-corrected chi connectivity index (χ1v) is 6.49. The third-order valence-electron chi connectivity index (χ3n) is 2.69. The number of benzene rings is 1. The molecule has 0 radical (unpaired) electrons. The molecule has 1 atom stereocenters. The Morgan fingerprint density at radius 1 is 1.35 bits per heavy atom. The summed E-state index contributed by atoms with van der Waals surface area (Å²) in [5.74, 6) is 1.76. The van der Waals surface area contributed by atoms with Gasteiger partial charge in [0.15, 0.2) is 17.5 Å². The van der Waals surface area contributed by atoms with Crippen molar-refractivity contribution in [3.05, 3.63) is 23.8 Å². The van der Waals surface area contributed by atoms with Gasteiger partial charge in [-0.2, -0.15) is 0 Å². The first kappa shape index (κ1) is 16.1. The zero-order valence-corrected chi connectivity index (χ0v) is 12.2. The van der Waals surface area contributed by atoms with Gasteiger partial charge in [0.2, 0.25) is 0 Å². The molecule has 0 spiro atoms. The van der Waals surface area contributed by atoms with Gasteiger partial charge in [-0.25, -0.2) is 0 Å². The van der Waals surface area contributed by atoms with Crippen LogP contribution in [0.5, 0.6) is 11.5 Å². The molecule has 0 amide bonds. The fourth-order valence-corrected chi connectivity index (χ4v) is 1.66. The van der Waals surface area contributed by atoms with E-state index in [1.54, 1.807) is 21.1 Å². The molecule has 4 N–H and O–H groups in total. The lowest BCUT2D eigenvalue weighted by atomic mass is 10.1. The standard InChI is InChI=1S/C14H23N3O3/c1-10(18)9-17-14(15)16-7-6-11-4-5-12(19-2)13(8-11)20-3/h4-5,8,10,18H,6-7,9H2,1-3H3,(H3,15,16,17). The summed E-state index contributed by atoms with van der Waals surface area (Å²) in [6, 6.07) is 5.79. The van der Waals surface area contributed by atoms with Crippen LogP contribution in [0, 0.1) is 0 Å². The van der Waals surface area contributed by atoms with Crippen LogP contribution in [0.25, 0.3) is 0 Å². The van der Waals surface area contributed by atoms with Gasteiger partial charge in [-0.3, -0.25) is 4.99 Å². The third-order valence-corrected chi connectivity index (χ3v) is 2.69. The lowest BCUT2D eigenvalue weighted by Gasteiger charge is -2.10. The second kappa shape index (κ2) is 8.27. The number of nitrogens with one attached hydrogen (secondary N) is 1. The van der Waals surface area contributed by atoms with Crippen LogP contribution in [0.4, 0.5) is 0 Å². The maximum atomic E-state index is 9.10. The second-order valence-corrected chi connectivity index (χ2v) is 4.44. The quantitative estimate of drug-likeness (QED) is 0.501. The number of ether oxygens (including phenoxy) is 2. The predicted molar refractivity (Wildman–Crippen MR) is 79.4 cm³/mol. The van der Waals surface area contributed by atoms with Gasteiger partial charge in [0.1, 0.15) is 0 Å². The van der Waals surface area contributed by atoms with E-state index < -0.39 is 6.10 Å². The van der Waals surface area contributed by atoms with E-state index >= 15 is 0 Å². The molecule has 0 heterocycles. The second-order valence-electron chi connectivity index (χ2n) is 4.44. The highest BCUT2D eigenvalue weighted by atomic mass is 16.5. The van der Waals surface area contributed by atoms with Gasteiger partial charge < -0.3 is 25.6 Å². The van der Waals surface area contributed by atoms with Crippen LogP contribution in [0.15, 0.2) is 23.2 Å². The molecule has 1 aromatic rings. The van der Waals surface area contributed by atoms with Crippen molar-refractivity contribution in [2.75, 3.05) is 27.3 Å². The van der Waals surface area contributed by atoms with Crippen molar-refractivity contribution in [3.8, 4) is 11.5 Å². The highest BCUT2D eigenvalue weighted by molar-refractivity contribution is 5.77. The highest BCUT2D eigenvalue weighted by Gasteiger charge is 2.04. The first-order chi connectivity index (χ1) is 9.56. The summed E-state index contributed by atoms with van der Waals surface area (Å²) in [7, 11) is 3.22. The SMILES string of the molecule is COc1ccc(CCNC(N)=NCC(C)O)cc1OC. The Morgan fingerprint density at radius 3 is 2.65 bits per heavy atom. The van der Waals surface area contributed by atoms with Gasteiger partial charge in [-0.1, -0.05) is 6.07 Å². The Morgan fingerprint density at radius 2 is 2.05 bits per heavy atom. The zero-order valence-electron chi connectivity index (χ0n) is 12.2. The Hall–Kier alpha value is -1.95. The summed E-state index contributed by atoms with van der Waals surface area (Å²) in [6.07, 6.45) is 0.298. The third kappa shape index (κ3) is 5.36. The molecule has 0 saturated heterocycles. The predicted octanol–water partition coefficient (Wildman–Crippen LogP) is 0.531. The number of methoxy groups -OCH3 is 2. The molecule has 1 unspecified atom stereocenters. The maximum absolute atomic E-state index is 9.10. The number of guanidine groups is 1. The summed E-state index contributed by atoms with van der Waals surface area (Å²) < 4.78 is 10.4. The number of nitrogens with zero attached hydrogens (tertiary/aromatic N) is 1. The minimum Gasteiger partial charge on any atom is -0.493 e. The molecule has 1 rings (SSSR count). The molecular formula is C14H23N3O3. The van der Waals surface area contributed by atoms with Crippen molar-refractivity contribution in [3.63, 3.8) is 0 Å². The van der Waals surface area contributed by atoms with Crippen molar-refractivity contribution < 1.29 is 14.6 Å². The number of rotatable bonds is 7. The van der Waals surface area contributed by atoms with E-state index in [9.17, 15) is 0 Å². The fourth-order valence-electron chi connectivity index (χ4n) is 1.66. The molecule has 0 aliphatic carbocycles. The average molecular weight is 281 g/mol. The molecular weight excluding hydrogens is 258 g/mol. The minimum atomic E-state index is -0.485. The Kier molecular flexibility index (Phi) is 6.66. The molecule has 0 aliphatic rings. The van der Waals surface area contributed by atoms with Crippen LogP contribution >= 0.6 is 0 Å². The molecule has 112 valence electrons. The summed E-state index contributed by atoms with van der Waals surface area (Å²) in [4.78, 5) is 4.00. The van der Waals surface area contributed by atoms with Crippen molar-refractivity contribution >= 4 is 5.96 Å². The van der Waals surface area contributed by atoms with E-state index in [0.29, 0.717) is 30.5 Å². The van der Waals surface area contributed by atoms with Crippen LogP contribution in [-0.2, 0) is 6.42 Å². The largest absolute Gasteiger partial charge is 0.493 e. The Labute approximate surface area is 119 Å². The smallest absolute Gasteiger partial charge is 0.188 e. The normalized spacial score (nSPS) is 12.9. The molecule has 0 fully saturated rings. The van der Waals surface area contributed by atoms with Crippen molar-refractivity contribution in [2.24, 2.45) is 10.7 Å². The lowest BCUT2D eigenvalue weighted by molar-refractivity contribution is 0.204. The van der Waals surface area contributed by atoms with E-state index in [0.717, 1.165) is 12.0 Å². The number of aliphatic hydroxyl groups excluding tert-OH is 1. The maximum Gasteiger partial charge on any atom is 0.188 e. The molecule has 1 aromatic carbocycles. The van der Waals surface area contributed by atoms with Crippen LogP contribution in [-0.4, -0.2) is 44.5 Å². The zero-order chi connectivity index (χ0) is 15.0. The van der Waals surface area contributed by atoms with Gasteiger partial charge in [0.05, 0.1) is 26.9 Å². The van der Waals surface area contributed by atoms with Gasteiger partial charge in [-0.05, 0) is 31.0 Å². The average Bonchev–Trinajstić information content (AvgIpc) is 2.44. The number of aliphatic imine (C=N–C) groups is 1. The molecule has 20 heavy (non-hydrogen) atoms. The number of nitrogens with two attached hydrogens (primary N) is 1.